The molecule has 4 nitrogen and oxygen atoms in total. The van der Waals surface area contributed by atoms with Crippen LogP contribution in [0.1, 0.15) is 25.5 Å². The summed E-state index contributed by atoms with van der Waals surface area (Å²) in [5, 5.41) is 5.95. The minimum atomic E-state index is -0.119. The fraction of sp³-hybridized carbons (Fsp3) is 0.533. The molecule has 1 aromatic rings. The number of hydrogen-bond donors (Lipinski definition) is 2. The molecule has 0 saturated heterocycles. The van der Waals surface area contributed by atoms with Crippen LogP contribution in [0, 0.1) is 0 Å². The van der Waals surface area contributed by atoms with E-state index in [4.69, 9.17) is 4.74 Å². The third-order valence-corrected chi connectivity index (χ3v) is 4.17. The molecule has 0 aliphatic carbocycles. The van der Waals surface area contributed by atoms with E-state index in [1.165, 1.54) is 5.56 Å². The molecule has 0 bridgehead atoms. The molecule has 0 fully saturated rings. The lowest BCUT2D eigenvalue weighted by Gasteiger charge is -2.14. The second kappa shape index (κ2) is 9.00. The fourth-order valence-corrected chi connectivity index (χ4v) is 2.66. The molecule has 1 aromatic carbocycles. The molecule has 0 saturated carbocycles. The van der Waals surface area contributed by atoms with Crippen LogP contribution in [0.25, 0.3) is 0 Å². The zero-order valence-corrected chi connectivity index (χ0v) is 13.4. The SMILES string of the molecule is CNC(C)c1cccc(SC(C)C(=O)NCCOC)c1. The summed E-state index contributed by atoms with van der Waals surface area (Å²) < 4.78 is 4.92. The van der Waals surface area contributed by atoms with Crippen molar-refractivity contribution in [3.63, 3.8) is 0 Å². The smallest absolute Gasteiger partial charge is 0.233 e. The molecule has 0 heterocycles. The van der Waals surface area contributed by atoms with Crippen LogP contribution in [-0.2, 0) is 9.53 Å². The van der Waals surface area contributed by atoms with Crippen molar-refractivity contribution in [1.82, 2.24) is 10.6 Å². The lowest BCUT2D eigenvalue weighted by Crippen LogP contribution is -2.33. The van der Waals surface area contributed by atoms with Crippen LogP contribution in [0.2, 0.25) is 0 Å². The Hall–Kier alpha value is -1.04. The van der Waals surface area contributed by atoms with Gasteiger partial charge in [0.15, 0.2) is 0 Å². The number of methoxy groups -OCH3 is 1. The number of rotatable bonds is 8. The predicted octanol–water partition coefficient (Wildman–Crippen LogP) is 2.21. The zero-order valence-electron chi connectivity index (χ0n) is 12.6. The van der Waals surface area contributed by atoms with Crippen LogP contribution in [-0.4, -0.2) is 38.5 Å². The quantitative estimate of drug-likeness (QED) is 0.570. The van der Waals surface area contributed by atoms with Crippen molar-refractivity contribution >= 4 is 17.7 Å². The summed E-state index contributed by atoms with van der Waals surface area (Å²) in [6.07, 6.45) is 0. The first-order chi connectivity index (χ1) is 9.58. The fourth-order valence-electron chi connectivity index (χ4n) is 1.70. The first-order valence-corrected chi connectivity index (χ1v) is 7.67. The minimum Gasteiger partial charge on any atom is -0.383 e. The maximum Gasteiger partial charge on any atom is 0.233 e. The summed E-state index contributed by atoms with van der Waals surface area (Å²) in [5.41, 5.74) is 1.23. The lowest BCUT2D eigenvalue weighted by molar-refractivity contribution is -0.120. The van der Waals surface area contributed by atoms with Crippen molar-refractivity contribution < 1.29 is 9.53 Å². The van der Waals surface area contributed by atoms with Gasteiger partial charge < -0.3 is 15.4 Å². The van der Waals surface area contributed by atoms with E-state index in [1.807, 2.05) is 26.1 Å². The molecule has 0 radical (unpaired) electrons. The Balaban J connectivity index is 2.57. The molecule has 20 heavy (non-hydrogen) atoms. The standard InChI is InChI=1S/C15H24N2O2S/c1-11(16-3)13-6-5-7-14(10-13)20-12(2)15(18)17-8-9-19-4/h5-7,10-12,16H,8-9H2,1-4H3,(H,17,18). The first kappa shape index (κ1) is 17.0. The lowest BCUT2D eigenvalue weighted by atomic mass is 10.1. The van der Waals surface area contributed by atoms with E-state index in [2.05, 4.69) is 29.7 Å². The van der Waals surface area contributed by atoms with E-state index >= 15 is 0 Å². The largest absolute Gasteiger partial charge is 0.383 e. The predicted molar refractivity (Wildman–Crippen MR) is 84.1 cm³/mol. The van der Waals surface area contributed by atoms with Crippen molar-refractivity contribution in [3.05, 3.63) is 29.8 Å². The van der Waals surface area contributed by atoms with Crippen molar-refractivity contribution in [2.75, 3.05) is 27.3 Å². The summed E-state index contributed by atoms with van der Waals surface area (Å²) in [4.78, 5) is 13.0. The molecule has 1 amide bonds. The molecule has 0 aliphatic rings. The Labute approximate surface area is 125 Å². The van der Waals surface area contributed by atoms with Crippen molar-refractivity contribution in [3.8, 4) is 0 Å². The van der Waals surface area contributed by atoms with E-state index in [0.717, 1.165) is 4.90 Å². The molecule has 2 N–H and O–H groups in total. The van der Waals surface area contributed by atoms with Crippen molar-refractivity contribution in [1.29, 1.82) is 0 Å². The average molecular weight is 296 g/mol. The van der Waals surface area contributed by atoms with Gasteiger partial charge in [0.2, 0.25) is 5.91 Å². The number of benzene rings is 1. The highest BCUT2D eigenvalue weighted by atomic mass is 32.2. The van der Waals surface area contributed by atoms with Crippen molar-refractivity contribution in [2.45, 2.75) is 30.0 Å². The van der Waals surface area contributed by atoms with E-state index in [-0.39, 0.29) is 11.2 Å². The molecular formula is C15H24N2O2S. The van der Waals surface area contributed by atoms with E-state index < -0.39 is 0 Å². The Kier molecular flexibility index (Phi) is 7.65. The summed E-state index contributed by atoms with van der Waals surface area (Å²) in [6.45, 7) is 5.13. The summed E-state index contributed by atoms with van der Waals surface area (Å²) in [7, 11) is 3.56. The van der Waals surface area contributed by atoms with Gasteiger partial charge in [-0.3, -0.25) is 4.79 Å². The Bertz CT molecular complexity index is 426. The van der Waals surface area contributed by atoms with Gasteiger partial charge in [-0.15, -0.1) is 11.8 Å². The molecular weight excluding hydrogens is 272 g/mol. The van der Waals surface area contributed by atoms with Gasteiger partial charge in [0, 0.05) is 24.6 Å². The zero-order chi connectivity index (χ0) is 15.0. The first-order valence-electron chi connectivity index (χ1n) is 6.79. The van der Waals surface area contributed by atoms with E-state index in [0.29, 0.717) is 19.2 Å². The molecule has 5 heteroatoms. The number of carbonyl (C=O) groups is 1. The molecule has 2 atom stereocenters. The van der Waals surface area contributed by atoms with E-state index in [1.54, 1.807) is 18.9 Å². The number of carbonyl (C=O) groups excluding carboxylic acids is 1. The molecule has 112 valence electrons. The summed E-state index contributed by atoms with van der Waals surface area (Å²) in [6, 6.07) is 8.59. The minimum absolute atomic E-state index is 0.0409. The number of nitrogens with one attached hydrogen (secondary N) is 2. The molecule has 2 unspecified atom stereocenters. The number of amides is 1. The molecule has 1 rings (SSSR count). The maximum atomic E-state index is 11.9. The van der Waals surface area contributed by atoms with Gasteiger partial charge in [-0.2, -0.15) is 0 Å². The summed E-state index contributed by atoms with van der Waals surface area (Å²) >= 11 is 1.57. The molecule has 0 aliphatic heterocycles. The normalized spacial score (nSPS) is 13.8. The second-order valence-electron chi connectivity index (χ2n) is 4.63. The van der Waals surface area contributed by atoms with Gasteiger partial charge >= 0.3 is 0 Å². The van der Waals surface area contributed by atoms with E-state index in [9.17, 15) is 4.79 Å². The van der Waals surface area contributed by atoms with Gasteiger partial charge in [0.25, 0.3) is 0 Å². The van der Waals surface area contributed by atoms with Gasteiger partial charge in [-0.1, -0.05) is 12.1 Å². The highest BCUT2D eigenvalue weighted by molar-refractivity contribution is 8.00. The summed E-state index contributed by atoms with van der Waals surface area (Å²) in [5.74, 6) is 0.0409. The van der Waals surface area contributed by atoms with Crippen LogP contribution < -0.4 is 10.6 Å². The van der Waals surface area contributed by atoms with Gasteiger partial charge in [-0.05, 0) is 38.6 Å². The Morgan fingerprint density at radius 2 is 2.15 bits per heavy atom. The highest BCUT2D eigenvalue weighted by Crippen LogP contribution is 2.26. The van der Waals surface area contributed by atoms with Crippen LogP contribution in [0.15, 0.2) is 29.2 Å². The van der Waals surface area contributed by atoms with Crippen molar-refractivity contribution in [2.24, 2.45) is 0 Å². The Morgan fingerprint density at radius 1 is 1.40 bits per heavy atom. The van der Waals surface area contributed by atoms with Gasteiger partial charge in [0.05, 0.1) is 11.9 Å². The highest BCUT2D eigenvalue weighted by Gasteiger charge is 2.14. The Morgan fingerprint density at radius 3 is 2.80 bits per heavy atom. The van der Waals surface area contributed by atoms with Crippen LogP contribution in [0.5, 0.6) is 0 Å². The topological polar surface area (TPSA) is 50.4 Å². The maximum absolute atomic E-state index is 11.9. The monoisotopic (exact) mass is 296 g/mol. The van der Waals surface area contributed by atoms with Crippen LogP contribution >= 0.6 is 11.8 Å². The van der Waals surface area contributed by atoms with Crippen LogP contribution in [0.3, 0.4) is 0 Å². The van der Waals surface area contributed by atoms with Gasteiger partial charge in [-0.25, -0.2) is 0 Å². The number of ether oxygens (including phenoxy) is 1. The number of hydrogen-bond acceptors (Lipinski definition) is 4. The third-order valence-electron chi connectivity index (χ3n) is 3.08. The third kappa shape index (κ3) is 5.53. The van der Waals surface area contributed by atoms with Crippen LogP contribution in [0.4, 0.5) is 0 Å². The van der Waals surface area contributed by atoms with Gasteiger partial charge in [0.1, 0.15) is 0 Å². The second-order valence-corrected chi connectivity index (χ2v) is 6.04. The molecule has 0 aromatic heterocycles. The average Bonchev–Trinajstić information content (AvgIpc) is 2.46. The number of thioether (sulfide) groups is 1. The molecule has 0 spiro atoms.